The maximum Gasteiger partial charge on any atom is 0.267 e. The van der Waals surface area contributed by atoms with Gasteiger partial charge in [-0.2, -0.15) is 5.26 Å². The van der Waals surface area contributed by atoms with Crippen LogP contribution in [0.25, 0.3) is 0 Å². The standard InChI is InChI=1S/C19H28N4O3/c1-5-23(6-2)11-7-10-21-14-15(13-20)19(24)22-17-12-16(25-3)8-9-18(17)26-4/h8-9,12,14,21H,5-7,10-11H2,1-4H3,(H,22,24)/b15-14-. The molecule has 0 fully saturated rings. The molecule has 0 saturated carbocycles. The minimum Gasteiger partial charge on any atom is -0.497 e. The molecular weight excluding hydrogens is 332 g/mol. The van der Waals surface area contributed by atoms with Crippen LogP contribution in [0.2, 0.25) is 0 Å². The molecule has 0 aliphatic carbocycles. The lowest BCUT2D eigenvalue weighted by Gasteiger charge is -2.17. The second-order valence-electron chi connectivity index (χ2n) is 5.52. The number of methoxy groups -OCH3 is 2. The van der Waals surface area contributed by atoms with Gasteiger partial charge in [0.2, 0.25) is 0 Å². The summed E-state index contributed by atoms with van der Waals surface area (Å²) in [5.41, 5.74) is 0.442. The summed E-state index contributed by atoms with van der Waals surface area (Å²) < 4.78 is 10.4. The number of nitrogens with zero attached hydrogens (tertiary/aromatic N) is 2. The van der Waals surface area contributed by atoms with E-state index in [9.17, 15) is 10.1 Å². The first-order valence-corrected chi connectivity index (χ1v) is 8.68. The van der Waals surface area contributed by atoms with Crippen molar-refractivity contribution in [2.75, 3.05) is 45.7 Å². The van der Waals surface area contributed by atoms with E-state index in [1.165, 1.54) is 20.4 Å². The molecule has 0 saturated heterocycles. The van der Waals surface area contributed by atoms with Gasteiger partial charge in [0.1, 0.15) is 23.1 Å². The highest BCUT2D eigenvalue weighted by atomic mass is 16.5. The molecule has 0 aliphatic heterocycles. The van der Waals surface area contributed by atoms with Gasteiger partial charge in [-0.25, -0.2) is 0 Å². The van der Waals surface area contributed by atoms with E-state index in [-0.39, 0.29) is 5.57 Å². The van der Waals surface area contributed by atoms with Gasteiger partial charge in [0.25, 0.3) is 5.91 Å². The van der Waals surface area contributed by atoms with E-state index < -0.39 is 5.91 Å². The Hall–Kier alpha value is -2.72. The SMILES string of the molecule is CCN(CC)CCCN/C=C(/C#N)C(=O)Nc1cc(OC)ccc1OC. The first-order chi connectivity index (χ1) is 12.6. The van der Waals surface area contributed by atoms with Crippen molar-refractivity contribution in [1.82, 2.24) is 10.2 Å². The zero-order valence-corrected chi connectivity index (χ0v) is 16.0. The molecule has 142 valence electrons. The number of hydrogen-bond acceptors (Lipinski definition) is 6. The van der Waals surface area contributed by atoms with Gasteiger partial charge in [-0.15, -0.1) is 0 Å². The zero-order valence-electron chi connectivity index (χ0n) is 16.0. The maximum atomic E-state index is 12.3. The highest BCUT2D eigenvalue weighted by molar-refractivity contribution is 6.07. The van der Waals surface area contributed by atoms with Crippen LogP contribution in [0.4, 0.5) is 5.69 Å². The highest BCUT2D eigenvalue weighted by Gasteiger charge is 2.13. The lowest BCUT2D eigenvalue weighted by Crippen LogP contribution is -2.26. The fourth-order valence-electron chi connectivity index (χ4n) is 2.37. The van der Waals surface area contributed by atoms with Crippen LogP contribution in [0.5, 0.6) is 11.5 Å². The van der Waals surface area contributed by atoms with E-state index in [1.807, 2.05) is 6.07 Å². The molecule has 1 amide bonds. The van der Waals surface area contributed by atoms with Crippen molar-refractivity contribution < 1.29 is 14.3 Å². The van der Waals surface area contributed by atoms with Crippen molar-refractivity contribution in [3.63, 3.8) is 0 Å². The fourth-order valence-corrected chi connectivity index (χ4v) is 2.37. The third-order valence-corrected chi connectivity index (χ3v) is 3.96. The zero-order chi connectivity index (χ0) is 19.4. The molecular formula is C19H28N4O3. The molecule has 7 heteroatoms. The molecule has 0 atom stereocenters. The first kappa shape index (κ1) is 21.3. The molecule has 7 nitrogen and oxygen atoms in total. The Kier molecular flexibility index (Phi) is 9.65. The van der Waals surface area contributed by atoms with E-state index in [0.717, 1.165) is 26.1 Å². The molecule has 1 aromatic carbocycles. The normalized spacial score (nSPS) is 11.0. The third kappa shape index (κ3) is 6.65. The summed E-state index contributed by atoms with van der Waals surface area (Å²) in [4.78, 5) is 14.6. The monoisotopic (exact) mass is 360 g/mol. The van der Waals surface area contributed by atoms with Crippen molar-refractivity contribution in [2.45, 2.75) is 20.3 Å². The molecule has 0 heterocycles. The summed E-state index contributed by atoms with van der Waals surface area (Å²) in [5.74, 6) is 0.567. The van der Waals surface area contributed by atoms with E-state index >= 15 is 0 Å². The van der Waals surface area contributed by atoms with Crippen LogP contribution < -0.4 is 20.1 Å². The molecule has 2 N–H and O–H groups in total. The highest BCUT2D eigenvalue weighted by Crippen LogP contribution is 2.29. The quantitative estimate of drug-likeness (QED) is 0.358. The second kappa shape index (κ2) is 11.8. The third-order valence-electron chi connectivity index (χ3n) is 3.96. The van der Waals surface area contributed by atoms with E-state index in [4.69, 9.17) is 9.47 Å². The number of ether oxygens (including phenoxy) is 2. The molecule has 0 aliphatic rings. The largest absolute Gasteiger partial charge is 0.497 e. The van der Waals surface area contributed by atoms with Crippen LogP contribution in [0.15, 0.2) is 30.0 Å². The van der Waals surface area contributed by atoms with E-state index in [2.05, 4.69) is 29.4 Å². The maximum absolute atomic E-state index is 12.3. The van der Waals surface area contributed by atoms with Gasteiger partial charge >= 0.3 is 0 Å². The van der Waals surface area contributed by atoms with Crippen molar-refractivity contribution in [1.29, 1.82) is 5.26 Å². The van der Waals surface area contributed by atoms with Gasteiger partial charge in [0.15, 0.2) is 0 Å². The lowest BCUT2D eigenvalue weighted by molar-refractivity contribution is -0.112. The molecule has 26 heavy (non-hydrogen) atoms. The van der Waals surface area contributed by atoms with Crippen LogP contribution in [0.1, 0.15) is 20.3 Å². The topological polar surface area (TPSA) is 86.6 Å². The fraction of sp³-hybridized carbons (Fsp3) is 0.474. The van der Waals surface area contributed by atoms with Crippen LogP contribution >= 0.6 is 0 Å². The Balaban J connectivity index is 2.65. The van der Waals surface area contributed by atoms with Gasteiger partial charge in [-0.05, 0) is 38.2 Å². The molecule has 1 aromatic rings. The molecule has 1 rings (SSSR count). The summed E-state index contributed by atoms with van der Waals surface area (Å²) in [6.45, 7) is 7.95. The Morgan fingerprint density at radius 2 is 2.00 bits per heavy atom. The number of hydrogen-bond donors (Lipinski definition) is 2. The van der Waals surface area contributed by atoms with E-state index in [0.29, 0.717) is 23.7 Å². The molecule has 0 unspecified atom stereocenters. The van der Waals surface area contributed by atoms with Gasteiger partial charge in [0.05, 0.1) is 19.9 Å². The summed E-state index contributed by atoms with van der Waals surface area (Å²) in [7, 11) is 3.05. The summed E-state index contributed by atoms with van der Waals surface area (Å²) >= 11 is 0. The van der Waals surface area contributed by atoms with E-state index in [1.54, 1.807) is 18.2 Å². The van der Waals surface area contributed by atoms with Crippen molar-refractivity contribution >= 4 is 11.6 Å². The minimum atomic E-state index is -0.504. The Bertz CT molecular complexity index is 649. The predicted octanol–water partition coefficient (Wildman–Crippen LogP) is 2.37. The Morgan fingerprint density at radius 3 is 2.58 bits per heavy atom. The number of anilines is 1. The number of nitriles is 1. The van der Waals surface area contributed by atoms with Gasteiger partial charge in [-0.3, -0.25) is 4.79 Å². The van der Waals surface area contributed by atoms with Crippen LogP contribution in [-0.2, 0) is 4.79 Å². The molecule has 0 radical (unpaired) electrons. The van der Waals surface area contributed by atoms with Gasteiger partial charge in [-0.1, -0.05) is 13.8 Å². The second-order valence-corrected chi connectivity index (χ2v) is 5.52. The number of amides is 1. The molecule has 0 spiro atoms. The lowest BCUT2D eigenvalue weighted by atomic mass is 10.2. The predicted molar refractivity (Wildman–Crippen MR) is 102 cm³/mol. The first-order valence-electron chi connectivity index (χ1n) is 8.68. The number of rotatable bonds is 11. The number of nitrogens with one attached hydrogen (secondary N) is 2. The average molecular weight is 360 g/mol. The average Bonchev–Trinajstić information content (AvgIpc) is 2.67. The van der Waals surface area contributed by atoms with Crippen molar-refractivity contribution in [3.8, 4) is 17.6 Å². The molecule has 0 aromatic heterocycles. The Morgan fingerprint density at radius 1 is 1.27 bits per heavy atom. The van der Waals surface area contributed by atoms with Crippen molar-refractivity contribution in [2.24, 2.45) is 0 Å². The van der Waals surface area contributed by atoms with Crippen LogP contribution in [0.3, 0.4) is 0 Å². The number of carbonyl (C=O) groups is 1. The summed E-state index contributed by atoms with van der Waals surface area (Å²) in [6.07, 6.45) is 2.38. The van der Waals surface area contributed by atoms with Crippen LogP contribution in [0, 0.1) is 11.3 Å². The van der Waals surface area contributed by atoms with Crippen molar-refractivity contribution in [3.05, 3.63) is 30.0 Å². The smallest absolute Gasteiger partial charge is 0.267 e. The van der Waals surface area contributed by atoms with Gasteiger partial charge in [0, 0.05) is 18.8 Å². The molecule has 0 bridgehead atoms. The Labute approximate surface area is 155 Å². The number of benzene rings is 1. The van der Waals surface area contributed by atoms with Crippen LogP contribution in [-0.4, -0.2) is 51.2 Å². The summed E-state index contributed by atoms with van der Waals surface area (Å²) in [6, 6.07) is 6.98. The summed E-state index contributed by atoms with van der Waals surface area (Å²) in [5, 5.41) is 15.0. The minimum absolute atomic E-state index is 0.00212. The van der Waals surface area contributed by atoms with Gasteiger partial charge < -0.3 is 25.0 Å². The number of carbonyl (C=O) groups excluding carboxylic acids is 1.